The van der Waals surface area contributed by atoms with Gasteiger partial charge < -0.3 is 14.8 Å². The second kappa shape index (κ2) is 12.1. The first-order valence-electron chi connectivity index (χ1n) is 11.1. The van der Waals surface area contributed by atoms with Gasteiger partial charge in [-0.1, -0.05) is 30.3 Å². The number of nitriles is 1. The molecule has 0 saturated carbocycles. The zero-order valence-electron chi connectivity index (χ0n) is 19.9. The number of methoxy groups -OCH3 is 1. The molecule has 3 aromatic carbocycles. The maximum atomic E-state index is 13.8. The highest BCUT2D eigenvalue weighted by molar-refractivity contribution is 14.1. The van der Waals surface area contributed by atoms with Gasteiger partial charge in [-0.25, -0.2) is 4.39 Å². The molecule has 0 bridgehead atoms. The van der Waals surface area contributed by atoms with E-state index in [0.29, 0.717) is 38.0 Å². The predicted octanol–water partition coefficient (Wildman–Crippen LogP) is 5.56. The molecule has 1 aliphatic rings. The quantitative estimate of drug-likeness (QED) is 0.253. The summed E-state index contributed by atoms with van der Waals surface area (Å²) < 4.78 is 25.9. The lowest BCUT2D eigenvalue weighted by Gasteiger charge is -2.14. The van der Waals surface area contributed by atoms with Crippen molar-refractivity contribution in [2.45, 2.75) is 6.61 Å². The smallest absolute Gasteiger partial charge is 0.294 e. The number of thioether (sulfide) groups is 1. The van der Waals surface area contributed by atoms with Gasteiger partial charge >= 0.3 is 0 Å². The molecule has 192 valence electrons. The number of nitrogens with one attached hydrogen (secondary N) is 1. The number of carbonyl (C=O) groups excluding carboxylic acids is 3. The van der Waals surface area contributed by atoms with Crippen LogP contribution < -0.4 is 14.8 Å². The Bertz CT molecular complexity index is 1500. The number of para-hydroxylation sites is 1. The van der Waals surface area contributed by atoms with Crippen LogP contribution in [0.15, 0.2) is 65.6 Å². The largest absolute Gasteiger partial charge is 0.493 e. The molecule has 0 spiro atoms. The fourth-order valence-electron chi connectivity index (χ4n) is 3.55. The molecule has 3 aromatic rings. The Hall–Kier alpha value is -3.89. The molecule has 0 aromatic heterocycles. The molecule has 4 rings (SSSR count). The Morgan fingerprint density at radius 3 is 2.66 bits per heavy atom. The van der Waals surface area contributed by atoms with Gasteiger partial charge in [0.1, 0.15) is 19.0 Å². The van der Waals surface area contributed by atoms with Crippen molar-refractivity contribution in [2.24, 2.45) is 0 Å². The standard InChI is InChI=1S/C27H19FIN3O5S/c1-36-22-11-16(10-20(29)25(22)37-15-18-7-3-2-6-17(18)13-30)12-23-26(34)32(27(35)38-23)14-24(33)31-21-9-5-4-8-19(21)28/h2-12H,14-15H2,1H3,(H,31,33)/b23-12-. The van der Waals surface area contributed by atoms with Gasteiger partial charge in [0.25, 0.3) is 11.1 Å². The lowest BCUT2D eigenvalue weighted by Crippen LogP contribution is -2.36. The van der Waals surface area contributed by atoms with Gasteiger partial charge in [-0.2, -0.15) is 5.26 Å². The van der Waals surface area contributed by atoms with Crippen LogP contribution in [0.2, 0.25) is 0 Å². The molecule has 1 fully saturated rings. The van der Waals surface area contributed by atoms with Gasteiger partial charge in [-0.15, -0.1) is 0 Å². The minimum atomic E-state index is -0.700. The molecule has 0 atom stereocenters. The summed E-state index contributed by atoms with van der Waals surface area (Å²) in [7, 11) is 1.48. The van der Waals surface area contributed by atoms with E-state index >= 15 is 0 Å². The highest BCUT2D eigenvalue weighted by Gasteiger charge is 2.36. The van der Waals surface area contributed by atoms with Crippen LogP contribution in [0.25, 0.3) is 6.08 Å². The average Bonchev–Trinajstić information content (AvgIpc) is 3.16. The fourth-order valence-corrected chi connectivity index (χ4v) is 5.17. The molecule has 0 radical (unpaired) electrons. The van der Waals surface area contributed by atoms with Gasteiger partial charge in [0.15, 0.2) is 11.5 Å². The van der Waals surface area contributed by atoms with Crippen molar-refractivity contribution in [3.05, 3.63) is 91.6 Å². The van der Waals surface area contributed by atoms with Crippen LogP contribution >= 0.6 is 34.4 Å². The summed E-state index contributed by atoms with van der Waals surface area (Å²) in [5.41, 5.74) is 1.78. The van der Waals surface area contributed by atoms with Crippen molar-refractivity contribution in [3.63, 3.8) is 0 Å². The lowest BCUT2D eigenvalue weighted by molar-refractivity contribution is -0.127. The Morgan fingerprint density at radius 1 is 1.18 bits per heavy atom. The first-order chi connectivity index (χ1) is 18.3. The second-order valence-corrected chi connectivity index (χ2v) is 10.0. The molecule has 8 nitrogen and oxygen atoms in total. The second-order valence-electron chi connectivity index (χ2n) is 7.89. The SMILES string of the molecule is COc1cc(/C=C2\SC(=O)N(CC(=O)Nc3ccccc3F)C2=O)cc(I)c1OCc1ccccc1C#N. The number of anilines is 1. The third-order valence-corrected chi connectivity index (χ3v) is 7.09. The van der Waals surface area contributed by atoms with E-state index in [4.69, 9.17) is 9.47 Å². The molecule has 1 saturated heterocycles. The zero-order chi connectivity index (χ0) is 27.2. The van der Waals surface area contributed by atoms with Crippen molar-refractivity contribution in [1.29, 1.82) is 5.26 Å². The van der Waals surface area contributed by atoms with Gasteiger partial charge in [-0.3, -0.25) is 19.3 Å². The highest BCUT2D eigenvalue weighted by Crippen LogP contribution is 2.37. The molecule has 38 heavy (non-hydrogen) atoms. The minimum absolute atomic E-state index is 0.0416. The first kappa shape index (κ1) is 27.2. The van der Waals surface area contributed by atoms with E-state index < -0.39 is 29.4 Å². The molecule has 1 N–H and O–H groups in total. The van der Waals surface area contributed by atoms with Crippen LogP contribution in [0.4, 0.5) is 14.9 Å². The number of ether oxygens (including phenoxy) is 2. The van der Waals surface area contributed by atoms with Crippen LogP contribution in [-0.4, -0.2) is 35.6 Å². The number of benzene rings is 3. The third-order valence-electron chi connectivity index (χ3n) is 5.38. The monoisotopic (exact) mass is 643 g/mol. The maximum absolute atomic E-state index is 13.8. The number of rotatable bonds is 8. The molecule has 3 amide bonds. The number of hydrogen-bond donors (Lipinski definition) is 1. The summed E-state index contributed by atoms with van der Waals surface area (Å²) in [6.45, 7) is -0.391. The number of amides is 3. The number of imide groups is 1. The summed E-state index contributed by atoms with van der Waals surface area (Å²) in [4.78, 5) is 38.6. The molecular weight excluding hydrogens is 624 g/mol. The highest BCUT2D eigenvalue weighted by atomic mass is 127. The van der Waals surface area contributed by atoms with Crippen molar-refractivity contribution >= 4 is 63.2 Å². The van der Waals surface area contributed by atoms with Crippen molar-refractivity contribution < 1.29 is 28.2 Å². The third kappa shape index (κ3) is 6.15. The Morgan fingerprint density at radius 2 is 1.92 bits per heavy atom. The van der Waals surface area contributed by atoms with E-state index in [9.17, 15) is 24.0 Å². The molecule has 1 heterocycles. The lowest BCUT2D eigenvalue weighted by atomic mass is 10.1. The number of hydrogen-bond acceptors (Lipinski definition) is 7. The predicted molar refractivity (Wildman–Crippen MR) is 149 cm³/mol. The number of nitrogens with zero attached hydrogens (tertiary/aromatic N) is 2. The minimum Gasteiger partial charge on any atom is -0.493 e. The maximum Gasteiger partial charge on any atom is 0.294 e. The van der Waals surface area contributed by atoms with E-state index in [2.05, 4.69) is 34.0 Å². The van der Waals surface area contributed by atoms with E-state index in [-0.39, 0.29) is 17.2 Å². The summed E-state index contributed by atoms with van der Waals surface area (Å²) in [5, 5.41) is 11.1. The van der Waals surface area contributed by atoms with E-state index in [1.165, 1.54) is 31.4 Å². The van der Waals surface area contributed by atoms with E-state index in [1.807, 2.05) is 6.07 Å². The Kier molecular flexibility index (Phi) is 8.65. The topological polar surface area (TPSA) is 109 Å². The molecule has 0 aliphatic carbocycles. The number of halogens is 2. The normalized spacial score (nSPS) is 13.9. The molecule has 1 aliphatic heterocycles. The van der Waals surface area contributed by atoms with Crippen molar-refractivity contribution in [2.75, 3.05) is 19.0 Å². The molecule has 11 heteroatoms. The van der Waals surface area contributed by atoms with Gasteiger partial charge in [0, 0.05) is 5.56 Å². The van der Waals surface area contributed by atoms with Crippen LogP contribution in [0.3, 0.4) is 0 Å². The van der Waals surface area contributed by atoms with Gasteiger partial charge in [0.05, 0.1) is 32.9 Å². The fraction of sp³-hybridized carbons (Fsp3) is 0.111. The summed E-state index contributed by atoms with van der Waals surface area (Å²) in [6.07, 6.45) is 1.53. The first-order valence-corrected chi connectivity index (χ1v) is 13.0. The molecule has 0 unspecified atom stereocenters. The van der Waals surface area contributed by atoms with E-state index in [1.54, 1.807) is 36.4 Å². The van der Waals surface area contributed by atoms with Crippen molar-refractivity contribution in [1.82, 2.24) is 4.90 Å². The van der Waals surface area contributed by atoms with Crippen LogP contribution in [0.1, 0.15) is 16.7 Å². The number of carbonyl (C=O) groups is 3. The van der Waals surface area contributed by atoms with Crippen molar-refractivity contribution in [3.8, 4) is 17.6 Å². The Balaban J connectivity index is 1.49. The summed E-state index contributed by atoms with van der Waals surface area (Å²) in [5.74, 6) is -1.09. The van der Waals surface area contributed by atoms with Crippen LogP contribution in [-0.2, 0) is 16.2 Å². The Labute approximate surface area is 235 Å². The molecular formula is C27H19FIN3O5S. The van der Waals surface area contributed by atoms with Crippen LogP contribution in [0.5, 0.6) is 11.5 Å². The van der Waals surface area contributed by atoms with Crippen LogP contribution in [0, 0.1) is 20.7 Å². The van der Waals surface area contributed by atoms with Gasteiger partial charge in [0.2, 0.25) is 5.91 Å². The summed E-state index contributed by atoms with van der Waals surface area (Å²) >= 11 is 2.78. The van der Waals surface area contributed by atoms with E-state index in [0.717, 1.165) is 10.5 Å². The van der Waals surface area contributed by atoms with Gasteiger partial charge in [-0.05, 0) is 76.3 Å². The summed E-state index contributed by atoms with van der Waals surface area (Å²) in [6, 6.07) is 18.3. The average molecular weight is 643 g/mol. The zero-order valence-corrected chi connectivity index (χ0v) is 22.8.